The molecule has 0 spiro atoms. The second-order valence-corrected chi connectivity index (χ2v) is 9.55. The van der Waals surface area contributed by atoms with Crippen LogP contribution in [-0.2, 0) is 16.4 Å². The van der Waals surface area contributed by atoms with Crippen LogP contribution in [-0.4, -0.2) is 37.9 Å². The van der Waals surface area contributed by atoms with Crippen molar-refractivity contribution in [2.75, 3.05) is 19.6 Å². The molecule has 2 saturated heterocycles. The number of sulfonamides is 1. The number of nitrogens with zero attached hydrogens (tertiary/aromatic N) is 1. The summed E-state index contributed by atoms with van der Waals surface area (Å²) in [6, 6.07) is 3.70. The van der Waals surface area contributed by atoms with Crippen LogP contribution in [0.4, 0.5) is 0 Å². The van der Waals surface area contributed by atoms with Crippen molar-refractivity contribution in [3.63, 3.8) is 0 Å². The lowest BCUT2D eigenvalue weighted by atomic mass is 9.85. The number of hydrogen-bond acceptors (Lipinski definition) is 4. The Bertz CT molecular complexity index is 606. The maximum Gasteiger partial charge on any atom is 0.253 e. The average molecular weight is 314 g/mol. The second-order valence-electron chi connectivity index (χ2n) is 6.29. The molecule has 2 unspecified atom stereocenters. The molecule has 1 N–H and O–H groups in total. The Labute approximate surface area is 125 Å². The van der Waals surface area contributed by atoms with Crippen molar-refractivity contribution in [3.8, 4) is 0 Å². The molecule has 2 fully saturated rings. The van der Waals surface area contributed by atoms with Crippen LogP contribution >= 0.6 is 11.3 Å². The summed E-state index contributed by atoms with van der Waals surface area (Å²) in [4.78, 5) is 1.13. The number of nitrogens with one attached hydrogen (secondary N) is 1. The van der Waals surface area contributed by atoms with Gasteiger partial charge in [0.1, 0.15) is 4.21 Å². The Kier molecular flexibility index (Phi) is 3.48. The van der Waals surface area contributed by atoms with E-state index in [2.05, 4.69) is 26.1 Å². The highest BCUT2D eigenvalue weighted by Gasteiger charge is 2.54. The summed E-state index contributed by atoms with van der Waals surface area (Å²) in [5, 5.41) is 3.39. The lowest BCUT2D eigenvalue weighted by Crippen LogP contribution is -2.47. The van der Waals surface area contributed by atoms with Gasteiger partial charge < -0.3 is 5.32 Å². The van der Waals surface area contributed by atoms with Crippen molar-refractivity contribution in [2.24, 2.45) is 11.8 Å². The normalized spacial score (nSPS) is 29.8. The smallest absolute Gasteiger partial charge is 0.253 e. The van der Waals surface area contributed by atoms with Crippen LogP contribution in [0.15, 0.2) is 16.3 Å². The molecular formula is C14H22N2O2S2. The number of fused-ring (bicyclic) bond motifs is 1. The van der Waals surface area contributed by atoms with Gasteiger partial charge in [0.2, 0.25) is 0 Å². The molecule has 3 heterocycles. The van der Waals surface area contributed by atoms with Crippen LogP contribution in [0.25, 0.3) is 0 Å². The first kappa shape index (κ1) is 14.5. The number of thiophene rings is 1. The van der Waals surface area contributed by atoms with Gasteiger partial charge in [-0.2, -0.15) is 4.31 Å². The van der Waals surface area contributed by atoms with Gasteiger partial charge in [-0.3, -0.25) is 0 Å². The molecule has 2 aliphatic rings. The van der Waals surface area contributed by atoms with E-state index in [1.807, 2.05) is 6.07 Å². The first-order valence-electron chi connectivity index (χ1n) is 7.19. The fourth-order valence-electron chi connectivity index (χ4n) is 3.59. The molecule has 0 aliphatic carbocycles. The zero-order chi connectivity index (χ0) is 14.5. The molecule has 1 aromatic rings. The number of aryl methyl sites for hydroxylation is 1. The maximum atomic E-state index is 12.9. The van der Waals surface area contributed by atoms with E-state index < -0.39 is 10.0 Å². The Hall–Kier alpha value is -0.430. The molecular weight excluding hydrogens is 292 g/mol. The van der Waals surface area contributed by atoms with Gasteiger partial charge in [-0.25, -0.2) is 8.42 Å². The van der Waals surface area contributed by atoms with Gasteiger partial charge in [0.05, 0.1) is 0 Å². The van der Waals surface area contributed by atoms with Crippen molar-refractivity contribution in [3.05, 3.63) is 17.0 Å². The summed E-state index contributed by atoms with van der Waals surface area (Å²) in [7, 11) is -3.35. The third-order valence-corrected chi connectivity index (χ3v) is 8.57. The van der Waals surface area contributed by atoms with E-state index in [4.69, 9.17) is 0 Å². The highest BCUT2D eigenvalue weighted by molar-refractivity contribution is 7.91. The van der Waals surface area contributed by atoms with E-state index in [-0.39, 0.29) is 5.54 Å². The predicted octanol–water partition coefficient (Wildman–Crippen LogP) is 1.93. The van der Waals surface area contributed by atoms with Gasteiger partial charge >= 0.3 is 0 Å². The summed E-state index contributed by atoms with van der Waals surface area (Å²) in [5.74, 6) is 0.869. The maximum absolute atomic E-state index is 12.9. The first-order chi connectivity index (χ1) is 9.37. The highest BCUT2D eigenvalue weighted by atomic mass is 32.2. The van der Waals surface area contributed by atoms with Crippen LogP contribution in [0.3, 0.4) is 0 Å². The lowest BCUT2D eigenvalue weighted by Gasteiger charge is -2.34. The molecule has 0 aromatic carbocycles. The van der Waals surface area contributed by atoms with Gasteiger partial charge in [-0.05, 0) is 50.8 Å². The minimum absolute atomic E-state index is 0.302. The SMILES string of the molecule is CCc1ccc(S(=O)(=O)N2CC3CNCC3C2(C)C)s1. The summed E-state index contributed by atoms with van der Waals surface area (Å²) in [6.07, 6.45) is 0.888. The molecule has 20 heavy (non-hydrogen) atoms. The van der Waals surface area contributed by atoms with Crippen LogP contribution < -0.4 is 5.32 Å². The molecule has 4 nitrogen and oxygen atoms in total. The Morgan fingerprint density at radius 1 is 1.40 bits per heavy atom. The van der Waals surface area contributed by atoms with E-state index in [0.717, 1.165) is 24.4 Å². The molecule has 0 amide bonds. The third-order valence-electron chi connectivity index (χ3n) is 4.82. The van der Waals surface area contributed by atoms with Crippen molar-refractivity contribution >= 4 is 21.4 Å². The molecule has 3 rings (SSSR count). The lowest BCUT2D eigenvalue weighted by molar-refractivity contribution is 0.233. The topological polar surface area (TPSA) is 49.4 Å². The average Bonchev–Trinajstić information content (AvgIpc) is 3.07. The van der Waals surface area contributed by atoms with E-state index >= 15 is 0 Å². The number of rotatable bonds is 3. The van der Waals surface area contributed by atoms with E-state index in [9.17, 15) is 8.42 Å². The summed E-state index contributed by atoms with van der Waals surface area (Å²) in [6.45, 7) is 8.69. The molecule has 0 saturated carbocycles. The van der Waals surface area contributed by atoms with Crippen molar-refractivity contribution < 1.29 is 8.42 Å². The Morgan fingerprint density at radius 2 is 2.15 bits per heavy atom. The summed E-state index contributed by atoms with van der Waals surface area (Å²) in [5.41, 5.74) is -0.302. The van der Waals surface area contributed by atoms with Crippen molar-refractivity contribution in [1.82, 2.24) is 9.62 Å². The van der Waals surface area contributed by atoms with E-state index in [1.54, 1.807) is 10.4 Å². The Morgan fingerprint density at radius 3 is 2.75 bits per heavy atom. The van der Waals surface area contributed by atoms with Crippen LogP contribution in [0, 0.1) is 11.8 Å². The van der Waals surface area contributed by atoms with Crippen LogP contribution in [0.1, 0.15) is 25.6 Å². The largest absolute Gasteiger partial charge is 0.316 e. The van der Waals surface area contributed by atoms with Gasteiger partial charge in [-0.1, -0.05) is 6.92 Å². The Balaban J connectivity index is 1.95. The van der Waals surface area contributed by atoms with E-state index in [0.29, 0.717) is 22.6 Å². The molecule has 112 valence electrons. The minimum Gasteiger partial charge on any atom is -0.316 e. The molecule has 0 bridgehead atoms. The van der Waals surface area contributed by atoms with Crippen molar-refractivity contribution in [2.45, 2.75) is 36.9 Å². The molecule has 2 atom stereocenters. The fraction of sp³-hybridized carbons (Fsp3) is 0.714. The van der Waals surface area contributed by atoms with Gasteiger partial charge in [0.25, 0.3) is 10.0 Å². The van der Waals surface area contributed by atoms with Gasteiger partial charge in [0.15, 0.2) is 0 Å². The second kappa shape index (κ2) is 4.80. The molecule has 1 aromatic heterocycles. The summed E-state index contributed by atoms with van der Waals surface area (Å²) < 4.78 is 28.1. The monoisotopic (exact) mass is 314 g/mol. The van der Waals surface area contributed by atoms with E-state index in [1.165, 1.54) is 11.3 Å². The zero-order valence-electron chi connectivity index (χ0n) is 12.2. The van der Waals surface area contributed by atoms with Crippen LogP contribution in [0.2, 0.25) is 0 Å². The fourth-order valence-corrected chi connectivity index (χ4v) is 6.88. The van der Waals surface area contributed by atoms with Gasteiger partial charge in [0, 0.05) is 23.5 Å². The summed E-state index contributed by atoms with van der Waals surface area (Å²) >= 11 is 1.41. The molecule has 6 heteroatoms. The first-order valence-corrected chi connectivity index (χ1v) is 9.45. The number of hydrogen-bond donors (Lipinski definition) is 1. The highest BCUT2D eigenvalue weighted by Crippen LogP contribution is 2.44. The predicted molar refractivity (Wildman–Crippen MR) is 81.5 cm³/mol. The van der Waals surface area contributed by atoms with Gasteiger partial charge in [-0.15, -0.1) is 11.3 Å². The minimum atomic E-state index is -3.35. The molecule has 0 radical (unpaired) electrons. The quantitative estimate of drug-likeness (QED) is 0.927. The third kappa shape index (κ3) is 2.04. The zero-order valence-corrected chi connectivity index (χ0v) is 13.9. The van der Waals surface area contributed by atoms with Crippen molar-refractivity contribution in [1.29, 1.82) is 0 Å². The van der Waals surface area contributed by atoms with Crippen LogP contribution in [0.5, 0.6) is 0 Å². The molecule has 2 aliphatic heterocycles. The standard InChI is InChI=1S/C14H22N2O2S2/c1-4-11-5-6-13(19-11)20(17,18)16-9-10-7-15-8-12(10)14(16,2)3/h5-6,10,12,15H,4,7-9H2,1-3H3.